The highest BCUT2D eigenvalue weighted by Gasteiger charge is 2.30. The van der Waals surface area contributed by atoms with Crippen LogP contribution in [0.3, 0.4) is 0 Å². The number of fused-ring (bicyclic) bond motifs is 1. The van der Waals surface area contributed by atoms with Crippen molar-refractivity contribution in [2.75, 3.05) is 18.9 Å². The summed E-state index contributed by atoms with van der Waals surface area (Å²) >= 11 is 0. The molecule has 3 N–H and O–H groups in total. The Bertz CT molecular complexity index is 1190. The smallest absolute Gasteiger partial charge is 0.220 e. The van der Waals surface area contributed by atoms with Crippen molar-refractivity contribution in [3.05, 3.63) is 71.1 Å². The highest BCUT2D eigenvalue weighted by molar-refractivity contribution is 6.03. The van der Waals surface area contributed by atoms with Crippen LogP contribution in [0.15, 0.2) is 47.9 Å². The van der Waals surface area contributed by atoms with Crippen LogP contribution in [0.1, 0.15) is 54.1 Å². The van der Waals surface area contributed by atoms with Crippen molar-refractivity contribution in [3.63, 3.8) is 0 Å². The highest BCUT2D eigenvalue weighted by atomic mass is 19.1. The predicted molar refractivity (Wildman–Crippen MR) is 130 cm³/mol. The second-order valence-corrected chi connectivity index (χ2v) is 9.02. The van der Waals surface area contributed by atoms with Crippen LogP contribution in [0.4, 0.5) is 10.3 Å². The van der Waals surface area contributed by atoms with Crippen LogP contribution in [0.5, 0.6) is 0 Å². The average Bonchev–Trinajstić information content (AvgIpc) is 3.35. The molecule has 1 aliphatic carbocycles. The molecule has 7 nitrogen and oxygen atoms in total. The Morgan fingerprint density at radius 3 is 2.94 bits per heavy atom. The van der Waals surface area contributed by atoms with Crippen molar-refractivity contribution in [3.8, 4) is 11.1 Å². The van der Waals surface area contributed by atoms with Gasteiger partial charge in [0, 0.05) is 36.0 Å². The monoisotopic (exact) mass is 460 g/mol. The lowest BCUT2D eigenvalue weighted by molar-refractivity contribution is 0.134. The van der Waals surface area contributed by atoms with Gasteiger partial charge in [-0.25, -0.2) is 14.4 Å². The number of anilines is 1. The zero-order valence-corrected chi connectivity index (χ0v) is 19.3. The summed E-state index contributed by atoms with van der Waals surface area (Å²) in [7, 11) is 0. The van der Waals surface area contributed by atoms with E-state index in [0.29, 0.717) is 25.5 Å². The van der Waals surface area contributed by atoms with Gasteiger partial charge < -0.3 is 15.9 Å². The molecule has 8 heteroatoms. The van der Waals surface area contributed by atoms with E-state index in [0.717, 1.165) is 52.3 Å². The minimum Gasteiger partial charge on any atom is -0.396 e. The van der Waals surface area contributed by atoms with Crippen molar-refractivity contribution in [2.45, 2.75) is 51.0 Å². The molecule has 0 radical (unpaired) electrons. The summed E-state index contributed by atoms with van der Waals surface area (Å²) < 4.78 is 14.2. The third-order valence-electron chi connectivity index (χ3n) is 6.67. The Balaban J connectivity index is 1.47. The van der Waals surface area contributed by atoms with Crippen molar-refractivity contribution in [1.82, 2.24) is 20.3 Å². The Morgan fingerprint density at radius 1 is 1.24 bits per heavy atom. The van der Waals surface area contributed by atoms with E-state index in [1.54, 1.807) is 18.5 Å². The first-order chi connectivity index (χ1) is 16.6. The fourth-order valence-electron chi connectivity index (χ4n) is 5.10. The highest BCUT2D eigenvalue weighted by Crippen LogP contribution is 2.38. The number of nitrogens with two attached hydrogens (primary N) is 1. The quantitative estimate of drug-likeness (QED) is 0.423. The van der Waals surface area contributed by atoms with Gasteiger partial charge in [-0.15, -0.1) is 0 Å². The predicted octanol–water partition coefficient (Wildman–Crippen LogP) is 4.16. The van der Waals surface area contributed by atoms with Crippen LogP contribution in [-0.4, -0.2) is 39.9 Å². The van der Waals surface area contributed by atoms with E-state index in [2.05, 4.69) is 25.4 Å². The molecule has 3 heterocycles. The number of halogens is 1. The topological polar surface area (TPSA) is 98.3 Å². The van der Waals surface area contributed by atoms with Crippen LogP contribution < -0.4 is 11.1 Å². The van der Waals surface area contributed by atoms with Crippen LogP contribution in [0, 0.1) is 12.7 Å². The van der Waals surface area contributed by atoms with Gasteiger partial charge in [-0.05, 0) is 74.4 Å². The first kappa shape index (κ1) is 22.4. The summed E-state index contributed by atoms with van der Waals surface area (Å²) in [6.07, 6.45) is 8.09. The molecule has 5 rings (SSSR count). The minimum atomic E-state index is -0.279. The lowest BCUT2D eigenvalue weighted by atomic mass is 9.78. The maximum atomic E-state index is 14.2. The molecule has 34 heavy (non-hydrogen) atoms. The first-order valence-corrected chi connectivity index (χ1v) is 11.8. The molecule has 2 aromatic heterocycles. The molecule has 0 spiro atoms. The van der Waals surface area contributed by atoms with E-state index < -0.39 is 0 Å². The van der Waals surface area contributed by atoms with Crippen molar-refractivity contribution in [1.29, 1.82) is 0 Å². The first-order valence-electron chi connectivity index (χ1n) is 11.8. The summed E-state index contributed by atoms with van der Waals surface area (Å²) in [6, 6.07) is 9.24. The van der Waals surface area contributed by atoms with Gasteiger partial charge in [0.15, 0.2) is 0 Å². The van der Waals surface area contributed by atoms with Gasteiger partial charge in [0.05, 0.1) is 17.1 Å². The lowest BCUT2D eigenvalue weighted by Crippen LogP contribution is -2.25. The summed E-state index contributed by atoms with van der Waals surface area (Å²) in [5.41, 5.74) is 12.1. The number of oxime groups is 1. The summed E-state index contributed by atoms with van der Waals surface area (Å²) in [4.78, 5) is 18.9. The molecule has 1 saturated heterocycles. The number of nitrogens with zero attached hydrogens (tertiary/aromatic N) is 4. The van der Waals surface area contributed by atoms with Crippen molar-refractivity contribution < 1.29 is 9.23 Å². The number of aromatic nitrogens is 3. The van der Waals surface area contributed by atoms with Crippen LogP contribution in [-0.2, 0) is 11.3 Å². The zero-order chi connectivity index (χ0) is 23.5. The normalized spacial score (nSPS) is 20.9. The van der Waals surface area contributed by atoms with E-state index in [1.165, 1.54) is 18.9 Å². The molecule has 0 amide bonds. The maximum absolute atomic E-state index is 14.2. The van der Waals surface area contributed by atoms with Gasteiger partial charge >= 0.3 is 0 Å². The molecule has 1 aliphatic heterocycles. The van der Waals surface area contributed by atoms with E-state index in [9.17, 15) is 4.39 Å². The minimum absolute atomic E-state index is 0.0378. The van der Waals surface area contributed by atoms with Gasteiger partial charge in [0.1, 0.15) is 12.4 Å². The Labute approximate surface area is 198 Å². The van der Waals surface area contributed by atoms with Gasteiger partial charge in [0.25, 0.3) is 0 Å². The number of hydrogen-bond acceptors (Lipinski definition) is 7. The third kappa shape index (κ3) is 4.77. The van der Waals surface area contributed by atoms with Crippen LogP contribution in [0.25, 0.3) is 11.1 Å². The van der Waals surface area contributed by atoms with E-state index in [-0.39, 0.29) is 17.7 Å². The molecule has 0 bridgehead atoms. The van der Waals surface area contributed by atoms with E-state index in [1.807, 2.05) is 25.1 Å². The SMILES string of the molecule is Cc1nc(N)nc2c1/C(=N/OCC[C@H]1CCCN1)CC(c1ccc(F)cc1-c1cccnc1)C2. The molecular weight excluding hydrogens is 431 g/mol. The third-order valence-corrected chi connectivity index (χ3v) is 6.67. The number of hydrogen-bond donors (Lipinski definition) is 2. The van der Waals surface area contributed by atoms with Crippen LogP contribution >= 0.6 is 0 Å². The standard InChI is InChI=1S/C26H29FN6O/c1-16-25-23(32-26(28)31-16)12-18(13-24(25)33-34-11-8-20-5-3-10-30-20)21-7-6-19(27)14-22(21)17-4-2-9-29-15-17/h2,4,6-7,9,14-15,18,20,30H,3,5,8,10-13H2,1H3,(H2,28,31,32)/b33-24+/t18?,20-/m1/s1. The second kappa shape index (κ2) is 9.85. The molecule has 2 aliphatic rings. The fraction of sp³-hybridized carbons (Fsp3) is 0.385. The molecule has 1 fully saturated rings. The largest absolute Gasteiger partial charge is 0.396 e. The fourth-order valence-corrected chi connectivity index (χ4v) is 5.10. The summed E-state index contributed by atoms with van der Waals surface area (Å²) in [5.74, 6) is 0.00546. The number of benzene rings is 1. The van der Waals surface area contributed by atoms with Gasteiger partial charge in [-0.3, -0.25) is 4.98 Å². The zero-order valence-electron chi connectivity index (χ0n) is 19.3. The number of rotatable bonds is 6. The molecule has 1 aromatic carbocycles. The Morgan fingerprint density at radius 2 is 2.15 bits per heavy atom. The maximum Gasteiger partial charge on any atom is 0.220 e. The Hall–Kier alpha value is -3.39. The molecule has 2 atom stereocenters. The van der Waals surface area contributed by atoms with Gasteiger partial charge in [-0.1, -0.05) is 17.3 Å². The summed E-state index contributed by atoms with van der Waals surface area (Å²) in [6.45, 7) is 3.55. The van der Waals surface area contributed by atoms with Gasteiger partial charge in [0.2, 0.25) is 5.95 Å². The van der Waals surface area contributed by atoms with Crippen molar-refractivity contribution >= 4 is 11.7 Å². The Kier molecular flexibility index (Phi) is 6.49. The lowest BCUT2D eigenvalue weighted by Gasteiger charge is -2.28. The van der Waals surface area contributed by atoms with Crippen LogP contribution in [0.2, 0.25) is 0 Å². The number of nitrogens with one attached hydrogen (secondary N) is 1. The van der Waals surface area contributed by atoms with E-state index in [4.69, 9.17) is 10.6 Å². The second-order valence-electron chi connectivity index (χ2n) is 9.02. The van der Waals surface area contributed by atoms with E-state index >= 15 is 0 Å². The molecular formula is C26H29FN6O. The molecule has 1 unspecified atom stereocenters. The van der Waals surface area contributed by atoms with Crippen molar-refractivity contribution in [2.24, 2.45) is 5.16 Å². The molecule has 0 saturated carbocycles. The average molecular weight is 461 g/mol. The number of pyridine rings is 1. The van der Waals surface area contributed by atoms with Gasteiger partial charge in [-0.2, -0.15) is 0 Å². The molecule has 176 valence electrons. The number of nitrogen functional groups attached to an aromatic ring is 1. The summed E-state index contributed by atoms with van der Waals surface area (Å²) in [5, 5.41) is 8.04. The number of aryl methyl sites for hydroxylation is 1. The molecule has 3 aromatic rings.